The molecule has 0 saturated carbocycles. The molecule has 1 saturated heterocycles. The topological polar surface area (TPSA) is 110 Å². The van der Waals surface area contributed by atoms with Gasteiger partial charge in [-0.25, -0.2) is 0 Å². The van der Waals surface area contributed by atoms with Crippen LogP contribution in [0.1, 0.15) is 58.2 Å². The van der Waals surface area contributed by atoms with E-state index in [1.807, 2.05) is 42.4 Å². The molecule has 41 heavy (non-hydrogen) atoms. The number of carbonyl (C=O) groups excluding carboxylic acids is 1. The number of fused-ring (bicyclic) bond motifs is 2. The number of allylic oxidation sites excluding steroid dienone is 3. The van der Waals surface area contributed by atoms with Gasteiger partial charge in [-0.2, -0.15) is 0 Å². The molecule has 2 aliphatic rings. The molecule has 10 heteroatoms. The van der Waals surface area contributed by atoms with E-state index in [2.05, 4.69) is 50.2 Å². The summed E-state index contributed by atoms with van der Waals surface area (Å²) < 4.78 is 14.2. The number of methoxy groups -OCH3 is 1. The smallest absolute Gasteiger partial charge is 0.264 e. The molecule has 224 valence electrons. The van der Waals surface area contributed by atoms with E-state index in [0.717, 1.165) is 29.8 Å². The van der Waals surface area contributed by atoms with Gasteiger partial charge in [-0.15, -0.1) is 5.10 Å². The molecule has 2 N–H and O–H groups in total. The Morgan fingerprint density at radius 3 is 2.66 bits per heavy atom. The standard InChI is InChI=1S/C31H46N4O5Si/c1-21(2)9-8-10-22(3)13-17-35-27-12-11-25(39-5)19-26(27)31(30(35)37)23(4)29(41(6,7)38)28(40-31)14-16-34-20-24(15-18-36)32-33-34/h9,11-13,19-20,23,28-29,36,38H,8,10,14-18H2,1-7H3/b22-13+/t23-,28+,29-,31+/m0/s1. The molecule has 1 spiro atoms. The molecule has 2 aromatic rings. The Bertz CT molecular complexity index is 1300. The summed E-state index contributed by atoms with van der Waals surface area (Å²) in [5.74, 6) is 0.339. The van der Waals surface area contributed by atoms with Crippen molar-refractivity contribution in [2.24, 2.45) is 5.92 Å². The predicted octanol–water partition coefficient (Wildman–Crippen LogP) is 4.75. The first kappa shape index (κ1) is 31.1. The number of amides is 1. The average molecular weight is 583 g/mol. The summed E-state index contributed by atoms with van der Waals surface area (Å²) in [4.78, 5) is 27.8. The van der Waals surface area contributed by atoms with Crippen LogP contribution in [0.15, 0.2) is 47.7 Å². The molecule has 1 fully saturated rings. The molecule has 4 atom stereocenters. The highest BCUT2D eigenvalue weighted by atomic mass is 28.4. The molecule has 4 rings (SSSR count). The zero-order valence-electron chi connectivity index (χ0n) is 25.6. The van der Waals surface area contributed by atoms with Crippen molar-refractivity contribution in [2.45, 2.75) is 90.3 Å². The Hall–Kier alpha value is -2.79. The molecule has 9 nitrogen and oxygen atoms in total. The summed E-state index contributed by atoms with van der Waals surface area (Å²) >= 11 is 0. The highest BCUT2D eigenvalue weighted by molar-refractivity contribution is 6.71. The number of nitrogens with zero attached hydrogens (tertiary/aromatic N) is 4. The number of aliphatic hydroxyl groups is 1. The van der Waals surface area contributed by atoms with Gasteiger partial charge in [0.2, 0.25) is 0 Å². The third kappa shape index (κ3) is 6.35. The molecular formula is C31H46N4O5Si. The molecule has 1 amide bonds. The largest absolute Gasteiger partial charge is 0.497 e. The summed E-state index contributed by atoms with van der Waals surface area (Å²) in [6.45, 7) is 13.2. The minimum absolute atomic E-state index is 0.0164. The van der Waals surface area contributed by atoms with Crippen LogP contribution in [0, 0.1) is 5.92 Å². The molecule has 1 aromatic heterocycles. The summed E-state index contributed by atoms with van der Waals surface area (Å²) in [6.07, 6.45) is 8.80. The second kappa shape index (κ2) is 12.6. The lowest BCUT2D eigenvalue weighted by molar-refractivity contribution is -0.145. The Kier molecular flexibility index (Phi) is 9.58. The lowest BCUT2D eigenvalue weighted by Gasteiger charge is -2.32. The number of rotatable bonds is 12. The van der Waals surface area contributed by atoms with Crippen molar-refractivity contribution in [3.63, 3.8) is 0 Å². The molecular weight excluding hydrogens is 536 g/mol. The van der Waals surface area contributed by atoms with Gasteiger partial charge in [0.25, 0.3) is 5.91 Å². The van der Waals surface area contributed by atoms with Gasteiger partial charge in [-0.3, -0.25) is 9.48 Å². The van der Waals surface area contributed by atoms with E-state index in [9.17, 15) is 14.7 Å². The Morgan fingerprint density at radius 2 is 2.00 bits per heavy atom. The quantitative estimate of drug-likeness (QED) is 0.275. The highest BCUT2D eigenvalue weighted by Crippen LogP contribution is 2.60. The summed E-state index contributed by atoms with van der Waals surface area (Å²) in [5, 5.41) is 17.5. The van der Waals surface area contributed by atoms with Crippen molar-refractivity contribution in [3.05, 3.63) is 59.0 Å². The van der Waals surface area contributed by atoms with E-state index in [0.29, 0.717) is 31.7 Å². The van der Waals surface area contributed by atoms with E-state index >= 15 is 0 Å². The zero-order valence-corrected chi connectivity index (χ0v) is 26.6. The molecule has 0 unspecified atom stereocenters. The van der Waals surface area contributed by atoms with Crippen LogP contribution in [-0.4, -0.2) is 65.5 Å². The van der Waals surface area contributed by atoms with E-state index in [1.54, 1.807) is 11.8 Å². The number of aryl methyl sites for hydroxylation is 1. The van der Waals surface area contributed by atoms with Crippen LogP contribution < -0.4 is 9.64 Å². The molecule has 1 aromatic carbocycles. The second-order valence-electron chi connectivity index (χ2n) is 12.3. The monoisotopic (exact) mass is 582 g/mol. The predicted molar refractivity (Wildman–Crippen MR) is 162 cm³/mol. The fourth-order valence-electron chi connectivity index (χ4n) is 6.51. The molecule has 0 bridgehead atoms. The van der Waals surface area contributed by atoms with Crippen LogP contribution in [0.2, 0.25) is 18.6 Å². The van der Waals surface area contributed by atoms with Gasteiger partial charge in [0.1, 0.15) is 5.75 Å². The van der Waals surface area contributed by atoms with E-state index in [-0.39, 0.29) is 30.1 Å². The average Bonchev–Trinajstić information content (AvgIpc) is 3.55. The zero-order chi connectivity index (χ0) is 29.9. The molecule has 0 radical (unpaired) electrons. The molecule has 2 aliphatic heterocycles. The van der Waals surface area contributed by atoms with Gasteiger partial charge in [0.15, 0.2) is 13.9 Å². The van der Waals surface area contributed by atoms with Crippen LogP contribution in [0.5, 0.6) is 5.75 Å². The van der Waals surface area contributed by atoms with Gasteiger partial charge < -0.3 is 24.3 Å². The number of hydrogen-bond acceptors (Lipinski definition) is 7. The Morgan fingerprint density at radius 1 is 1.24 bits per heavy atom. The first-order chi connectivity index (χ1) is 19.4. The maximum absolute atomic E-state index is 14.5. The minimum Gasteiger partial charge on any atom is -0.497 e. The first-order valence-corrected chi connectivity index (χ1v) is 17.6. The van der Waals surface area contributed by atoms with Crippen LogP contribution in [0.3, 0.4) is 0 Å². The second-order valence-corrected chi connectivity index (χ2v) is 16.2. The van der Waals surface area contributed by atoms with Crippen LogP contribution in [0.4, 0.5) is 5.69 Å². The number of ether oxygens (including phenoxy) is 2. The van der Waals surface area contributed by atoms with Crippen molar-refractivity contribution < 1.29 is 24.2 Å². The number of benzene rings is 1. The molecule has 3 heterocycles. The first-order valence-electron chi connectivity index (χ1n) is 14.6. The van der Waals surface area contributed by atoms with Crippen molar-refractivity contribution in [1.82, 2.24) is 15.0 Å². The van der Waals surface area contributed by atoms with E-state index in [1.165, 1.54) is 11.1 Å². The van der Waals surface area contributed by atoms with E-state index < -0.39 is 13.9 Å². The summed E-state index contributed by atoms with van der Waals surface area (Å²) in [5.41, 5.74) is 3.52. The third-order valence-electron chi connectivity index (χ3n) is 8.50. The van der Waals surface area contributed by atoms with Gasteiger partial charge in [-0.1, -0.05) is 35.4 Å². The minimum atomic E-state index is -2.77. The summed E-state index contributed by atoms with van der Waals surface area (Å²) in [6, 6.07) is 5.77. The lowest BCUT2D eigenvalue weighted by atomic mass is 9.82. The van der Waals surface area contributed by atoms with Crippen molar-refractivity contribution in [1.29, 1.82) is 0 Å². The van der Waals surface area contributed by atoms with Crippen LogP contribution in [0.25, 0.3) is 0 Å². The summed E-state index contributed by atoms with van der Waals surface area (Å²) in [7, 11) is -1.14. The van der Waals surface area contributed by atoms with Gasteiger partial charge in [-0.05, 0) is 71.3 Å². The number of hydrogen-bond donors (Lipinski definition) is 2. The lowest BCUT2D eigenvalue weighted by Crippen LogP contribution is -2.46. The van der Waals surface area contributed by atoms with Crippen molar-refractivity contribution in [3.8, 4) is 5.75 Å². The number of aliphatic hydroxyl groups excluding tert-OH is 1. The SMILES string of the molecule is COc1ccc2c(c1)[C@@]1(O[C@H](CCn3cc(CCO)nn3)[C@@H]([Si](C)(C)O)[C@@H]1C)C(=O)N2C/C=C(\C)CCC=C(C)C. The Balaban J connectivity index is 1.66. The van der Waals surface area contributed by atoms with Gasteiger partial charge >= 0.3 is 0 Å². The van der Waals surface area contributed by atoms with E-state index in [4.69, 9.17) is 9.47 Å². The maximum atomic E-state index is 14.5. The normalized spacial score (nSPS) is 24.3. The Labute approximate surface area is 245 Å². The highest BCUT2D eigenvalue weighted by Gasteiger charge is 2.66. The number of anilines is 1. The fraction of sp³-hybridized carbons (Fsp3) is 0.581. The number of aromatic nitrogens is 3. The molecule has 0 aliphatic carbocycles. The third-order valence-corrected chi connectivity index (χ3v) is 11.0. The van der Waals surface area contributed by atoms with Gasteiger partial charge in [0, 0.05) is 49.3 Å². The fourth-order valence-corrected chi connectivity index (χ4v) is 9.11. The van der Waals surface area contributed by atoms with Crippen molar-refractivity contribution >= 4 is 19.9 Å². The van der Waals surface area contributed by atoms with Crippen LogP contribution >= 0.6 is 0 Å². The number of carbonyl (C=O) groups is 1. The van der Waals surface area contributed by atoms with Gasteiger partial charge in [0.05, 0.1) is 24.6 Å². The van der Waals surface area contributed by atoms with Crippen LogP contribution in [-0.2, 0) is 28.1 Å². The van der Waals surface area contributed by atoms with Crippen molar-refractivity contribution in [2.75, 3.05) is 25.2 Å². The maximum Gasteiger partial charge on any atom is 0.264 e.